The highest BCUT2D eigenvalue weighted by atomic mass is 16.1. The van der Waals surface area contributed by atoms with Gasteiger partial charge in [-0.15, -0.1) is 0 Å². The molecular weight excluding hydrogens is 178 g/mol. The largest absolute Gasteiger partial charge is 0.370 e. The zero-order valence-corrected chi connectivity index (χ0v) is 8.25. The van der Waals surface area contributed by atoms with Crippen molar-refractivity contribution < 1.29 is 4.79 Å². The van der Waals surface area contributed by atoms with E-state index in [0.717, 1.165) is 25.9 Å². The Bertz CT molecular complexity index is 256. The fourth-order valence-corrected chi connectivity index (χ4v) is 1.25. The first-order chi connectivity index (χ1) is 6.79. The van der Waals surface area contributed by atoms with E-state index in [4.69, 9.17) is 5.73 Å². The van der Waals surface area contributed by atoms with E-state index >= 15 is 0 Å². The van der Waals surface area contributed by atoms with Gasteiger partial charge in [0.25, 0.3) is 0 Å². The number of primary amides is 1. The molecule has 0 aliphatic heterocycles. The molecule has 1 aromatic heterocycles. The fourth-order valence-electron chi connectivity index (χ4n) is 1.25. The van der Waals surface area contributed by atoms with Crippen LogP contribution in [0.2, 0.25) is 0 Å². The summed E-state index contributed by atoms with van der Waals surface area (Å²) in [6.07, 6.45) is 4.25. The highest BCUT2D eigenvalue weighted by Gasteiger charge is 1.94. The van der Waals surface area contributed by atoms with Gasteiger partial charge in [0.1, 0.15) is 0 Å². The summed E-state index contributed by atoms with van der Waals surface area (Å²) >= 11 is 0. The summed E-state index contributed by atoms with van der Waals surface area (Å²) in [7, 11) is 0. The second kappa shape index (κ2) is 6.21. The first-order valence-electron chi connectivity index (χ1n) is 4.90. The maximum absolute atomic E-state index is 10.4. The van der Waals surface area contributed by atoms with Crippen LogP contribution in [0.3, 0.4) is 0 Å². The van der Waals surface area contributed by atoms with Crippen molar-refractivity contribution in [2.45, 2.75) is 25.8 Å². The minimum atomic E-state index is -0.214. The summed E-state index contributed by atoms with van der Waals surface area (Å²) in [5.74, 6) is -0.214. The molecule has 0 atom stereocenters. The summed E-state index contributed by atoms with van der Waals surface area (Å²) in [6.45, 7) is 1.77. The number of carbonyl (C=O) groups excluding carboxylic acids is 1. The topological polar surface area (TPSA) is 70.9 Å². The molecule has 4 N–H and O–H groups in total. The van der Waals surface area contributed by atoms with Gasteiger partial charge < -0.3 is 16.0 Å². The zero-order chi connectivity index (χ0) is 10.2. The van der Waals surface area contributed by atoms with E-state index in [1.54, 1.807) is 0 Å². The average molecular weight is 195 g/mol. The third kappa shape index (κ3) is 4.67. The molecule has 78 valence electrons. The first kappa shape index (κ1) is 10.8. The molecule has 0 aromatic carbocycles. The molecular formula is C10H17N3O. The molecule has 0 saturated heterocycles. The van der Waals surface area contributed by atoms with Crippen molar-refractivity contribution in [1.82, 2.24) is 10.3 Å². The minimum absolute atomic E-state index is 0.214. The second-order valence-corrected chi connectivity index (χ2v) is 3.30. The highest BCUT2D eigenvalue weighted by molar-refractivity contribution is 5.73. The lowest BCUT2D eigenvalue weighted by Crippen LogP contribution is -2.16. The van der Waals surface area contributed by atoms with Gasteiger partial charge in [0.2, 0.25) is 5.91 Å². The van der Waals surface area contributed by atoms with Crippen LogP contribution in [-0.2, 0) is 11.3 Å². The van der Waals surface area contributed by atoms with Gasteiger partial charge in [-0.25, -0.2) is 0 Å². The Morgan fingerprint density at radius 3 is 3.00 bits per heavy atom. The minimum Gasteiger partial charge on any atom is -0.370 e. The van der Waals surface area contributed by atoms with Crippen molar-refractivity contribution in [3.05, 3.63) is 24.0 Å². The van der Waals surface area contributed by atoms with Gasteiger partial charge in [0.05, 0.1) is 0 Å². The van der Waals surface area contributed by atoms with Crippen molar-refractivity contribution in [2.75, 3.05) is 6.54 Å². The van der Waals surface area contributed by atoms with E-state index in [1.807, 2.05) is 18.3 Å². The molecule has 1 heterocycles. The standard InChI is InChI=1S/C10H17N3O/c11-10(14)5-1-2-6-12-8-9-4-3-7-13-9/h3-4,7,12-13H,1-2,5-6,8H2,(H2,11,14). The predicted molar refractivity (Wildman–Crippen MR) is 55.5 cm³/mol. The number of aromatic nitrogens is 1. The van der Waals surface area contributed by atoms with E-state index in [9.17, 15) is 4.79 Å². The van der Waals surface area contributed by atoms with Crippen LogP contribution in [0, 0.1) is 0 Å². The van der Waals surface area contributed by atoms with Crippen LogP contribution >= 0.6 is 0 Å². The Morgan fingerprint density at radius 1 is 1.50 bits per heavy atom. The number of amides is 1. The SMILES string of the molecule is NC(=O)CCCCNCc1ccc[nH]1. The van der Waals surface area contributed by atoms with E-state index in [1.165, 1.54) is 5.69 Å². The highest BCUT2D eigenvalue weighted by Crippen LogP contribution is 1.95. The third-order valence-electron chi connectivity index (χ3n) is 2.00. The molecule has 0 saturated carbocycles. The van der Waals surface area contributed by atoms with Gasteiger partial charge in [-0.3, -0.25) is 4.79 Å². The van der Waals surface area contributed by atoms with Crippen molar-refractivity contribution >= 4 is 5.91 Å². The maximum Gasteiger partial charge on any atom is 0.217 e. The monoisotopic (exact) mass is 195 g/mol. The van der Waals surface area contributed by atoms with Crippen LogP contribution in [0.1, 0.15) is 25.0 Å². The number of nitrogens with two attached hydrogens (primary N) is 1. The Kier molecular flexibility index (Phi) is 4.78. The number of aromatic amines is 1. The Hall–Kier alpha value is -1.29. The Balaban J connectivity index is 1.92. The quantitative estimate of drug-likeness (QED) is 0.562. The second-order valence-electron chi connectivity index (χ2n) is 3.30. The molecule has 0 aliphatic carbocycles. The molecule has 0 radical (unpaired) electrons. The van der Waals surface area contributed by atoms with Crippen molar-refractivity contribution in [2.24, 2.45) is 5.73 Å². The number of unbranched alkanes of at least 4 members (excludes halogenated alkanes) is 1. The third-order valence-corrected chi connectivity index (χ3v) is 2.00. The van der Waals surface area contributed by atoms with Gasteiger partial charge in [-0.1, -0.05) is 0 Å². The molecule has 0 fully saturated rings. The van der Waals surface area contributed by atoms with Crippen molar-refractivity contribution in [3.8, 4) is 0 Å². The average Bonchev–Trinajstić information content (AvgIpc) is 2.63. The smallest absolute Gasteiger partial charge is 0.217 e. The number of rotatable bonds is 7. The molecule has 0 unspecified atom stereocenters. The molecule has 0 spiro atoms. The lowest BCUT2D eigenvalue weighted by molar-refractivity contribution is -0.118. The van der Waals surface area contributed by atoms with Gasteiger partial charge in [0, 0.05) is 24.9 Å². The maximum atomic E-state index is 10.4. The van der Waals surface area contributed by atoms with Gasteiger partial charge in [0.15, 0.2) is 0 Å². The summed E-state index contributed by atoms with van der Waals surface area (Å²) < 4.78 is 0. The van der Waals surface area contributed by atoms with E-state index in [0.29, 0.717) is 6.42 Å². The summed E-state index contributed by atoms with van der Waals surface area (Å²) in [5.41, 5.74) is 6.20. The Morgan fingerprint density at radius 2 is 2.36 bits per heavy atom. The first-order valence-corrected chi connectivity index (χ1v) is 4.90. The van der Waals surface area contributed by atoms with Crippen molar-refractivity contribution in [1.29, 1.82) is 0 Å². The molecule has 0 bridgehead atoms. The van der Waals surface area contributed by atoms with Crippen LogP contribution in [0.4, 0.5) is 0 Å². The molecule has 1 aromatic rings. The van der Waals surface area contributed by atoms with Crippen LogP contribution in [-0.4, -0.2) is 17.4 Å². The lowest BCUT2D eigenvalue weighted by Gasteiger charge is -2.02. The van der Waals surface area contributed by atoms with Crippen LogP contribution in [0.5, 0.6) is 0 Å². The summed E-state index contributed by atoms with van der Waals surface area (Å²) in [4.78, 5) is 13.5. The molecule has 4 nitrogen and oxygen atoms in total. The summed E-state index contributed by atoms with van der Waals surface area (Å²) in [5, 5.41) is 3.28. The molecule has 4 heteroatoms. The lowest BCUT2D eigenvalue weighted by atomic mass is 10.2. The number of hydrogen-bond acceptors (Lipinski definition) is 2. The fraction of sp³-hybridized carbons (Fsp3) is 0.500. The van der Waals surface area contributed by atoms with E-state index in [2.05, 4.69) is 10.3 Å². The van der Waals surface area contributed by atoms with E-state index < -0.39 is 0 Å². The number of H-pyrrole nitrogens is 1. The molecule has 0 aliphatic rings. The number of carbonyl (C=O) groups is 1. The van der Waals surface area contributed by atoms with Gasteiger partial charge >= 0.3 is 0 Å². The predicted octanol–water partition coefficient (Wildman–Crippen LogP) is 0.760. The van der Waals surface area contributed by atoms with E-state index in [-0.39, 0.29) is 5.91 Å². The van der Waals surface area contributed by atoms with Crippen LogP contribution in [0.15, 0.2) is 18.3 Å². The van der Waals surface area contributed by atoms with Crippen molar-refractivity contribution in [3.63, 3.8) is 0 Å². The molecule has 1 amide bonds. The van der Waals surface area contributed by atoms with Crippen LogP contribution < -0.4 is 11.1 Å². The van der Waals surface area contributed by atoms with Gasteiger partial charge in [-0.2, -0.15) is 0 Å². The Labute approximate surface area is 83.9 Å². The van der Waals surface area contributed by atoms with Gasteiger partial charge in [-0.05, 0) is 31.5 Å². The normalized spacial score (nSPS) is 10.3. The molecule has 1 rings (SSSR count). The number of nitrogens with one attached hydrogen (secondary N) is 2. The van der Waals surface area contributed by atoms with Crippen LogP contribution in [0.25, 0.3) is 0 Å². The summed E-state index contributed by atoms with van der Waals surface area (Å²) in [6, 6.07) is 4.01. The number of hydrogen-bond donors (Lipinski definition) is 3. The molecule has 14 heavy (non-hydrogen) atoms. The zero-order valence-electron chi connectivity index (χ0n) is 8.25.